The number of hydrogen-bond acceptors (Lipinski definition) is 1. The summed E-state index contributed by atoms with van der Waals surface area (Å²) in [5.74, 6) is 1.51. The number of amides is 1. The third-order valence-electron chi connectivity index (χ3n) is 4.77. The summed E-state index contributed by atoms with van der Waals surface area (Å²) in [6.45, 7) is 14.9. The van der Waals surface area contributed by atoms with Crippen molar-refractivity contribution < 1.29 is 4.79 Å². The van der Waals surface area contributed by atoms with E-state index in [2.05, 4.69) is 32.6 Å². The predicted octanol–water partition coefficient (Wildman–Crippen LogP) is 6.21. The number of carbonyl (C=O) groups excluding carboxylic acids is 1. The smallest absolute Gasteiger partial charge is 0.246 e. The SMILES string of the molecule is CCCCC(CC)CN(CC(CC)CCCC)C(=O)C=C(C)C. The van der Waals surface area contributed by atoms with Gasteiger partial charge in [0.1, 0.15) is 0 Å². The van der Waals surface area contributed by atoms with Crippen molar-refractivity contribution in [3.8, 4) is 0 Å². The zero-order chi connectivity index (χ0) is 17.7. The molecule has 0 spiro atoms. The van der Waals surface area contributed by atoms with Crippen LogP contribution in [0.25, 0.3) is 0 Å². The van der Waals surface area contributed by atoms with Gasteiger partial charge in [0.05, 0.1) is 0 Å². The first-order chi connectivity index (χ1) is 11.0. The molecule has 0 N–H and O–H groups in total. The summed E-state index contributed by atoms with van der Waals surface area (Å²) in [5, 5.41) is 0. The molecule has 2 unspecified atom stereocenters. The second-order valence-electron chi connectivity index (χ2n) is 7.30. The summed E-state index contributed by atoms with van der Waals surface area (Å²) in [6, 6.07) is 0. The van der Waals surface area contributed by atoms with Crippen LogP contribution >= 0.6 is 0 Å². The molecule has 0 rings (SSSR count). The normalized spacial score (nSPS) is 13.5. The minimum Gasteiger partial charge on any atom is -0.339 e. The van der Waals surface area contributed by atoms with Crippen LogP contribution in [0.3, 0.4) is 0 Å². The monoisotopic (exact) mass is 323 g/mol. The van der Waals surface area contributed by atoms with Crippen LogP contribution in [0.1, 0.15) is 92.9 Å². The third kappa shape index (κ3) is 10.6. The van der Waals surface area contributed by atoms with E-state index in [0.717, 1.165) is 18.7 Å². The molecule has 0 aliphatic rings. The zero-order valence-electron chi connectivity index (χ0n) is 16.7. The van der Waals surface area contributed by atoms with E-state index in [4.69, 9.17) is 0 Å². The zero-order valence-corrected chi connectivity index (χ0v) is 16.7. The van der Waals surface area contributed by atoms with Gasteiger partial charge in [0, 0.05) is 19.2 Å². The van der Waals surface area contributed by atoms with E-state index in [0.29, 0.717) is 11.8 Å². The lowest BCUT2D eigenvalue weighted by atomic mass is 9.95. The first-order valence-corrected chi connectivity index (χ1v) is 9.92. The molecule has 0 aromatic carbocycles. The van der Waals surface area contributed by atoms with Crippen molar-refractivity contribution in [2.75, 3.05) is 13.1 Å². The molecule has 0 fully saturated rings. The van der Waals surface area contributed by atoms with Gasteiger partial charge in [-0.2, -0.15) is 0 Å². The van der Waals surface area contributed by atoms with Crippen LogP contribution < -0.4 is 0 Å². The van der Waals surface area contributed by atoms with Crippen molar-refractivity contribution in [1.82, 2.24) is 4.90 Å². The molecule has 0 heterocycles. The van der Waals surface area contributed by atoms with Crippen LogP contribution in [-0.4, -0.2) is 23.9 Å². The van der Waals surface area contributed by atoms with E-state index in [9.17, 15) is 4.79 Å². The fourth-order valence-electron chi connectivity index (χ4n) is 3.05. The fraction of sp³-hybridized carbons (Fsp3) is 0.857. The molecule has 0 aromatic rings. The summed E-state index contributed by atoms with van der Waals surface area (Å²) in [7, 11) is 0. The van der Waals surface area contributed by atoms with Crippen LogP contribution in [0.2, 0.25) is 0 Å². The fourth-order valence-corrected chi connectivity index (χ4v) is 3.05. The Morgan fingerprint density at radius 1 is 0.870 bits per heavy atom. The maximum Gasteiger partial charge on any atom is 0.246 e. The van der Waals surface area contributed by atoms with Crippen molar-refractivity contribution in [1.29, 1.82) is 0 Å². The second kappa shape index (κ2) is 13.6. The van der Waals surface area contributed by atoms with E-state index < -0.39 is 0 Å². The number of hydrogen-bond donors (Lipinski definition) is 0. The van der Waals surface area contributed by atoms with E-state index in [-0.39, 0.29) is 5.91 Å². The molecular formula is C21H41NO. The van der Waals surface area contributed by atoms with Gasteiger partial charge in [-0.25, -0.2) is 0 Å². The van der Waals surface area contributed by atoms with Crippen LogP contribution in [0.4, 0.5) is 0 Å². The lowest BCUT2D eigenvalue weighted by Crippen LogP contribution is -2.38. The van der Waals surface area contributed by atoms with Crippen LogP contribution in [0, 0.1) is 11.8 Å². The maximum absolute atomic E-state index is 12.7. The molecule has 0 radical (unpaired) electrons. The molecule has 0 saturated carbocycles. The van der Waals surface area contributed by atoms with Gasteiger partial charge in [-0.05, 0) is 38.5 Å². The van der Waals surface area contributed by atoms with E-state index in [1.54, 1.807) is 0 Å². The first kappa shape index (κ1) is 22.2. The topological polar surface area (TPSA) is 20.3 Å². The number of carbonyl (C=O) groups is 1. The van der Waals surface area contributed by atoms with Crippen LogP contribution in [0.5, 0.6) is 0 Å². The van der Waals surface area contributed by atoms with Crippen LogP contribution in [0.15, 0.2) is 11.6 Å². The van der Waals surface area contributed by atoms with Crippen molar-refractivity contribution in [3.63, 3.8) is 0 Å². The highest BCUT2D eigenvalue weighted by atomic mass is 16.2. The summed E-state index contributed by atoms with van der Waals surface area (Å²) < 4.78 is 0. The Balaban J connectivity index is 4.91. The van der Waals surface area contributed by atoms with Gasteiger partial charge in [-0.3, -0.25) is 4.79 Å². The number of rotatable bonds is 13. The van der Waals surface area contributed by atoms with Gasteiger partial charge >= 0.3 is 0 Å². The van der Waals surface area contributed by atoms with Gasteiger partial charge < -0.3 is 4.90 Å². The predicted molar refractivity (Wildman–Crippen MR) is 103 cm³/mol. The van der Waals surface area contributed by atoms with Crippen molar-refractivity contribution in [2.45, 2.75) is 92.9 Å². The molecular weight excluding hydrogens is 282 g/mol. The number of nitrogens with zero attached hydrogens (tertiary/aromatic N) is 1. The highest BCUT2D eigenvalue weighted by Crippen LogP contribution is 2.19. The van der Waals surface area contributed by atoms with E-state index in [1.807, 2.05) is 19.9 Å². The Labute approximate surface area is 145 Å². The van der Waals surface area contributed by atoms with Gasteiger partial charge in [0.15, 0.2) is 0 Å². The average molecular weight is 324 g/mol. The molecule has 1 amide bonds. The number of allylic oxidation sites excluding steroid dienone is 1. The minimum atomic E-state index is 0.217. The molecule has 0 bridgehead atoms. The Morgan fingerprint density at radius 3 is 1.61 bits per heavy atom. The molecule has 0 saturated heterocycles. The Kier molecular flexibility index (Phi) is 13.2. The first-order valence-electron chi connectivity index (χ1n) is 9.92. The molecule has 23 heavy (non-hydrogen) atoms. The Bertz CT molecular complexity index is 313. The summed E-state index contributed by atoms with van der Waals surface area (Å²) in [6.07, 6.45) is 11.7. The average Bonchev–Trinajstić information content (AvgIpc) is 2.52. The highest BCUT2D eigenvalue weighted by molar-refractivity contribution is 5.88. The van der Waals surface area contributed by atoms with Crippen molar-refractivity contribution in [2.24, 2.45) is 11.8 Å². The third-order valence-corrected chi connectivity index (χ3v) is 4.77. The quantitative estimate of drug-likeness (QED) is 0.369. The van der Waals surface area contributed by atoms with Crippen molar-refractivity contribution in [3.05, 3.63) is 11.6 Å². The van der Waals surface area contributed by atoms with Gasteiger partial charge in [-0.15, -0.1) is 0 Å². The number of unbranched alkanes of at least 4 members (excludes halogenated alkanes) is 2. The molecule has 136 valence electrons. The van der Waals surface area contributed by atoms with Gasteiger partial charge in [0.25, 0.3) is 0 Å². The van der Waals surface area contributed by atoms with Crippen LogP contribution in [-0.2, 0) is 4.79 Å². The second-order valence-corrected chi connectivity index (χ2v) is 7.30. The van der Waals surface area contributed by atoms with E-state index >= 15 is 0 Å². The molecule has 0 aliphatic carbocycles. The van der Waals surface area contributed by atoms with Gasteiger partial charge in [-0.1, -0.05) is 71.8 Å². The molecule has 2 nitrogen and oxygen atoms in total. The lowest BCUT2D eigenvalue weighted by Gasteiger charge is -2.30. The highest BCUT2D eigenvalue weighted by Gasteiger charge is 2.20. The van der Waals surface area contributed by atoms with Gasteiger partial charge in [0.2, 0.25) is 5.91 Å². The largest absolute Gasteiger partial charge is 0.339 e. The standard InChI is InChI=1S/C21H41NO/c1-7-11-13-19(9-3)16-22(21(23)15-18(5)6)17-20(10-4)14-12-8-2/h15,19-20H,7-14,16-17H2,1-6H3. The maximum atomic E-state index is 12.7. The minimum absolute atomic E-state index is 0.217. The van der Waals surface area contributed by atoms with E-state index in [1.165, 1.54) is 51.4 Å². The Morgan fingerprint density at radius 2 is 1.30 bits per heavy atom. The summed E-state index contributed by atoms with van der Waals surface area (Å²) in [4.78, 5) is 14.8. The molecule has 0 aliphatic heterocycles. The lowest BCUT2D eigenvalue weighted by molar-refractivity contribution is -0.127. The summed E-state index contributed by atoms with van der Waals surface area (Å²) in [5.41, 5.74) is 1.10. The van der Waals surface area contributed by atoms with Crippen molar-refractivity contribution >= 4 is 5.91 Å². The Hall–Kier alpha value is -0.790. The molecule has 2 heteroatoms. The molecule has 0 aromatic heterocycles. The summed E-state index contributed by atoms with van der Waals surface area (Å²) >= 11 is 0. The molecule has 2 atom stereocenters.